The molecule has 0 unspecified atom stereocenters. The summed E-state index contributed by atoms with van der Waals surface area (Å²) in [6.07, 6.45) is 1.57. The molecule has 0 saturated carbocycles. The van der Waals surface area contributed by atoms with Gasteiger partial charge in [-0.1, -0.05) is 5.16 Å². The molecule has 0 N–H and O–H groups in total. The lowest BCUT2D eigenvalue weighted by molar-refractivity contribution is 0.370. The molecule has 0 aliphatic rings. The molecular weight excluding hydrogens is 299 g/mol. The van der Waals surface area contributed by atoms with E-state index in [1.807, 2.05) is 6.07 Å². The van der Waals surface area contributed by atoms with Gasteiger partial charge in [-0.15, -0.1) is 0 Å². The second kappa shape index (κ2) is 5.85. The van der Waals surface area contributed by atoms with E-state index in [0.29, 0.717) is 17.0 Å². The Morgan fingerprint density at radius 2 is 2.04 bits per heavy atom. The maximum absolute atomic E-state index is 12.9. The molecule has 2 aromatic heterocycles. The van der Waals surface area contributed by atoms with Crippen LogP contribution in [0.15, 0.2) is 45.8 Å². The largest absolute Gasteiger partial charge is 0.337 e. The monoisotopic (exact) mass is 310 g/mol. The van der Waals surface area contributed by atoms with Gasteiger partial charge >= 0.3 is 0 Å². The maximum atomic E-state index is 12.9. The minimum Gasteiger partial charge on any atom is -0.337 e. The molecule has 23 heavy (non-hydrogen) atoms. The van der Waals surface area contributed by atoms with Gasteiger partial charge < -0.3 is 9.09 Å². The Bertz CT molecular complexity index is 951. The van der Waals surface area contributed by atoms with Crippen LogP contribution in [0.5, 0.6) is 0 Å². The summed E-state index contributed by atoms with van der Waals surface area (Å²) >= 11 is 0. The first kappa shape index (κ1) is 14.7. The summed E-state index contributed by atoms with van der Waals surface area (Å²) in [5.74, 6) is 0.174. The first-order valence-electron chi connectivity index (χ1n) is 6.77. The molecule has 2 heterocycles. The predicted octanol–water partition coefficient (Wildman–Crippen LogP) is 2.27. The summed E-state index contributed by atoms with van der Waals surface area (Å²) in [5.41, 5.74) is 0.904. The van der Waals surface area contributed by atoms with Crippen molar-refractivity contribution in [2.45, 2.75) is 13.5 Å². The Hall–Kier alpha value is -3.27. The molecule has 3 rings (SSSR count). The lowest BCUT2D eigenvalue weighted by atomic mass is 10.2. The van der Waals surface area contributed by atoms with E-state index in [2.05, 4.69) is 10.1 Å². The third kappa shape index (κ3) is 2.87. The standard InChI is InChI=1S/C16H11FN4O2/c1-10-6-7-21(16(22)13(10)8-18)9-14-19-15(20-23-14)11-2-4-12(17)5-3-11/h2-7H,9H2,1H3. The number of hydrogen-bond acceptors (Lipinski definition) is 5. The van der Waals surface area contributed by atoms with Crippen LogP contribution >= 0.6 is 0 Å². The molecule has 6 nitrogen and oxygen atoms in total. The molecule has 114 valence electrons. The summed E-state index contributed by atoms with van der Waals surface area (Å²) in [6, 6.07) is 9.24. The second-order valence-electron chi connectivity index (χ2n) is 4.94. The highest BCUT2D eigenvalue weighted by molar-refractivity contribution is 5.53. The fraction of sp³-hybridized carbons (Fsp3) is 0.125. The Labute approximate surface area is 130 Å². The molecule has 0 amide bonds. The molecule has 0 bridgehead atoms. The van der Waals surface area contributed by atoms with Gasteiger partial charge in [-0.2, -0.15) is 10.2 Å². The van der Waals surface area contributed by atoms with Gasteiger partial charge in [0.05, 0.1) is 0 Å². The number of halogens is 1. The van der Waals surface area contributed by atoms with Crippen molar-refractivity contribution in [3.8, 4) is 17.5 Å². The average Bonchev–Trinajstić information content (AvgIpc) is 3.00. The Morgan fingerprint density at radius 1 is 1.30 bits per heavy atom. The van der Waals surface area contributed by atoms with Crippen LogP contribution in [0.4, 0.5) is 4.39 Å². The van der Waals surface area contributed by atoms with Crippen molar-refractivity contribution in [2.75, 3.05) is 0 Å². The van der Waals surface area contributed by atoms with Gasteiger partial charge in [0.1, 0.15) is 24.0 Å². The van der Waals surface area contributed by atoms with Crippen molar-refractivity contribution in [1.82, 2.24) is 14.7 Å². The summed E-state index contributed by atoms with van der Waals surface area (Å²) in [7, 11) is 0. The maximum Gasteiger partial charge on any atom is 0.269 e. The van der Waals surface area contributed by atoms with E-state index in [9.17, 15) is 9.18 Å². The van der Waals surface area contributed by atoms with Crippen molar-refractivity contribution in [3.05, 3.63) is 69.7 Å². The van der Waals surface area contributed by atoms with Crippen LogP contribution in [0.25, 0.3) is 11.4 Å². The third-order valence-corrected chi connectivity index (χ3v) is 3.36. The van der Waals surface area contributed by atoms with Crippen molar-refractivity contribution in [3.63, 3.8) is 0 Å². The number of aryl methyl sites for hydroxylation is 1. The molecule has 0 aliphatic carbocycles. The molecule has 0 aliphatic heterocycles. The minimum atomic E-state index is -0.408. The molecule has 7 heteroatoms. The highest BCUT2D eigenvalue weighted by atomic mass is 19.1. The second-order valence-corrected chi connectivity index (χ2v) is 4.94. The number of pyridine rings is 1. The summed E-state index contributed by atoms with van der Waals surface area (Å²) in [5, 5.41) is 12.8. The fourth-order valence-electron chi connectivity index (χ4n) is 2.11. The van der Waals surface area contributed by atoms with Crippen LogP contribution in [-0.4, -0.2) is 14.7 Å². The van der Waals surface area contributed by atoms with E-state index >= 15 is 0 Å². The summed E-state index contributed by atoms with van der Waals surface area (Å²) in [4.78, 5) is 16.3. The first-order valence-corrected chi connectivity index (χ1v) is 6.77. The Balaban J connectivity index is 1.90. The van der Waals surface area contributed by atoms with E-state index in [1.54, 1.807) is 19.2 Å². The number of hydrogen-bond donors (Lipinski definition) is 0. The van der Waals surface area contributed by atoms with Crippen LogP contribution in [0.1, 0.15) is 17.0 Å². The normalized spacial score (nSPS) is 10.5. The van der Waals surface area contributed by atoms with Gasteiger partial charge in [0, 0.05) is 11.8 Å². The van der Waals surface area contributed by atoms with E-state index in [0.717, 1.165) is 0 Å². The van der Waals surface area contributed by atoms with Crippen LogP contribution in [0.2, 0.25) is 0 Å². The van der Waals surface area contributed by atoms with E-state index in [-0.39, 0.29) is 23.8 Å². The highest BCUT2D eigenvalue weighted by Crippen LogP contribution is 2.16. The topological polar surface area (TPSA) is 84.7 Å². The van der Waals surface area contributed by atoms with Crippen molar-refractivity contribution in [2.24, 2.45) is 0 Å². The molecule has 0 saturated heterocycles. The number of nitrogens with zero attached hydrogens (tertiary/aromatic N) is 4. The van der Waals surface area contributed by atoms with Gasteiger partial charge in [0.2, 0.25) is 11.7 Å². The smallest absolute Gasteiger partial charge is 0.269 e. The molecule has 0 fully saturated rings. The Morgan fingerprint density at radius 3 is 2.74 bits per heavy atom. The minimum absolute atomic E-state index is 0.0575. The number of rotatable bonds is 3. The molecule has 0 spiro atoms. The van der Waals surface area contributed by atoms with Gasteiger partial charge in [0.15, 0.2) is 0 Å². The highest BCUT2D eigenvalue weighted by Gasteiger charge is 2.12. The van der Waals surface area contributed by atoms with E-state index < -0.39 is 5.56 Å². The zero-order chi connectivity index (χ0) is 16.4. The van der Waals surface area contributed by atoms with Gasteiger partial charge in [-0.05, 0) is 42.8 Å². The van der Waals surface area contributed by atoms with Crippen LogP contribution in [0, 0.1) is 24.1 Å². The van der Waals surface area contributed by atoms with Crippen LogP contribution < -0.4 is 5.56 Å². The SMILES string of the molecule is Cc1ccn(Cc2nc(-c3ccc(F)cc3)no2)c(=O)c1C#N. The van der Waals surface area contributed by atoms with Gasteiger partial charge in [0.25, 0.3) is 5.56 Å². The third-order valence-electron chi connectivity index (χ3n) is 3.36. The first-order chi connectivity index (χ1) is 11.1. The quantitative estimate of drug-likeness (QED) is 0.741. The van der Waals surface area contributed by atoms with Crippen molar-refractivity contribution >= 4 is 0 Å². The zero-order valence-electron chi connectivity index (χ0n) is 12.2. The van der Waals surface area contributed by atoms with Crippen molar-refractivity contribution < 1.29 is 8.91 Å². The van der Waals surface area contributed by atoms with E-state index in [1.165, 1.54) is 28.8 Å². The number of nitriles is 1. The molecule has 3 aromatic rings. The van der Waals surface area contributed by atoms with Gasteiger partial charge in [-0.3, -0.25) is 4.79 Å². The van der Waals surface area contributed by atoms with Crippen molar-refractivity contribution in [1.29, 1.82) is 5.26 Å². The molecule has 1 aromatic carbocycles. The lowest BCUT2D eigenvalue weighted by Crippen LogP contribution is -2.23. The predicted molar refractivity (Wildman–Crippen MR) is 78.9 cm³/mol. The molecule has 0 radical (unpaired) electrons. The average molecular weight is 310 g/mol. The Kier molecular flexibility index (Phi) is 3.73. The summed E-state index contributed by atoms with van der Waals surface area (Å²) < 4.78 is 19.4. The lowest BCUT2D eigenvalue weighted by Gasteiger charge is -2.03. The zero-order valence-corrected chi connectivity index (χ0v) is 12.2. The van der Waals surface area contributed by atoms with E-state index in [4.69, 9.17) is 9.78 Å². The number of aromatic nitrogens is 3. The van der Waals surface area contributed by atoms with Gasteiger partial charge in [-0.25, -0.2) is 4.39 Å². The van der Waals surface area contributed by atoms with Crippen LogP contribution in [-0.2, 0) is 6.54 Å². The molecule has 0 atom stereocenters. The number of benzene rings is 1. The fourth-order valence-corrected chi connectivity index (χ4v) is 2.11. The van der Waals surface area contributed by atoms with Crippen LogP contribution in [0.3, 0.4) is 0 Å². The summed E-state index contributed by atoms with van der Waals surface area (Å²) in [6.45, 7) is 1.76. The molecular formula is C16H11FN4O2.